The van der Waals surface area contributed by atoms with E-state index in [0.29, 0.717) is 22.9 Å². The van der Waals surface area contributed by atoms with Crippen molar-refractivity contribution < 1.29 is 31.8 Å². The lowest BCUT2D eigenvalue weighted by molar-refractivity contribution is -0.131. The van der Waals surface area contributed by atoms with Gasteiger partial charge in [0.2, 0.25) is 12.3 Å². The number of nitrogens with two attached hydrogens (primary N) is 1. The van der Waals surface area contributed by atoms with Gasteiger partial charge in [-0.3, -0.25) is 4.79 Å². The largest absolute Gasteiger partial charge is 0.494 e. The normalized spacial score (nSPS) is 12.0. The monoisotopic (exact) mass is 605 g/mol. The Balaban J connectivity index is 0.000000853. The number of rotatable bonds is 8. The Morgan fingerprint density at radius 2 is 1.77 bits per heavy atom. The van der Waals surface area contributed by atoms with Gasteiger partial charge in [0.05, 0.1) is 31.1 Å². The van der Waals surface area contributed by atoms with Crippen LogP contribution in [0.5, 0.6) is 17.4 Å². The van der Waals surface area contributed by atoms with E-state index in [9.17, 15) is 17.6 Å². The second kappa shape index (κ2) is 16.3. The van der Waals surface area contributed by atoms with Crippen LogP contribution in [0.2, 0.25) is 0 Å². The third-order valence-corrected chi connectivity index (χ3v) is 6.10. The smallest absolute Gasteiger partial charge is 0.390 e. The molecule has 0 atom stereocenters. The van der Waals surface area contributed by atoms with Crippen LogP contribution in [0.25, 0.3) is 16.9 Å². The van der Waals surface area contributed by atoms with Crippen molar-refractivity contribution in [1.29, 1.82) is 0 Å². The highest BCUT2D eigenvalue weighted by Gasteiger charge is 2.27. The van der Waals surface area contributed by atoms with E-state index in [1.807, 2.05) is 33.8 Å². The summed E-state index contributed by atoms with van der Waals surface area (Å²) in [5.74, 6) is 0.268. The lowest BCUT2D eigenvalue weighted by atomic mass is 10.0. The van der Waals surface area contributed by atoms with Crippen molar-refractivity contribution in [3.05, 3.63) is 65.6 Å². The highest BCUT2D eigenvalue weighted by atomic mass is 19.4. The van der Waals surface area contributed by atoms with E-state index >= 15 is 0 Å². The minimum Gasteiger partial charge on any atom is -0.494 e. The molecular weight excluding hydrogens is 566 g/mol. The summed E-state index contributed by atoms with van der Waals surface area (Å²) in [5.41, 5.74) is 8.84. The number of aryl methyl sites for hydroxylation is 1. The first-order chi connectivity index (χ1) is 20.6. The fourth-order valence-corrected chi connectivity index (χ4v) is 4.18. The number of methoxy groups -OCH3 is 1. The van der Waals surface area contributed by atoms with Gasteiger partial charge in [-0.15, -0.1) is 5.10 Å². The van der Waals surface area contributed by atoms with Gasteiger partial charge in [0, 0.05) is 24.2 Å². The molecule has 8 nitrogen and oxygen atoms in total. The zero-order chi connectivity index (χ0) is 32.2. The molecule has 1 aliphatic carbocycles. The highest BCUT2D eigenvalue weighted by Crippen LogP contribution is 2.42. The Labute approximate surface area is 249 Å². The molecule has 2 aromatic carbocycles. The number of benzene rings is 2. The van der Waals surface area contributed by atoms with Gasteiger partial charge in [0.1, 0.15) is 5.75 Å². The summed E-state index contributed by atoms with van der Waals surface area (Å²) in [6.07, 6.45) is -1.07. The topological polar surface area (TPSA) is 104 Å². The average Bonchev–Trinajstić information content (AvgIpc) is 3.73. The number of fused-ring (bicyclic) bond motifs is 1. The molecule has 1 aliphatic rings. The molecule has 0 bridgehead atoms. The Morgan fingerprint density at radius 3 is 2.33 bits per heavy atom. The Kier molecular flexibility index (Phi) is 13.2. The lowest BCUT2D eigenvalue weighted by Crippen LogP contribution is -2.15. The number of hydrogen-bond donors (Lipinski definition) is 2. The van der Waals surface area contributed by atoms with Crippen molar-refractivity contribution in [1.82, 2.24) is 14.6 Å². The molecule has 2 heterocycles. The third-order valence-electron chi connectivity index (χ3n) is 6.10. The van der Waals surface area contributed by atoms with Crippen LogP contribution in [0.1, 0.15) is 64.0 Å². The number of hydrogen-bond acceptors (Lipinski definition) is 6. The van der Waals surface area contributed by atoms with Gasteiger partial charge in [0.25, 0.3) is 0 Å². The van der Waals surface area contributed by atoms with Gasteiger partial charge < -0.3 is 20.5 Å². The van der Waals surface area contributed by atoms with Crippen molar-refractivity contribution >= 4 is 17.7 Å². The van der Waals surface area contributed by atoms with Crippen molar-refractivity contribution in [3.8, 4) is 28.6 Å². The summed E-state index contributed by atoms with van der Waals surface area (Å²) in [5, 5.41) is 7.30. The van der Waals surface area contributed by atoms with Crippen LogP contribution in [0.15, 0.2) is 48.7 Å². The van der Waals surface area contributed by atoms with E-state index < -0.39 is 18.4 Å². The molecule has 5 rings (SSSR count). The molecule has 0 aliphatic heterocycles. The van der Waals surface area contributed by atoms with Crippen LogP contribution in [0.3, 0.4) is 0 Å². The van der Waals surface area contributed by atoms with Crippen molar-refractivity contribution in [2.24, 2.45) is 5.73 Å². The summed E-state index contributed by atoms with van der Waals surface area (Å²) in [7, 11) is 1.35. The van der Waals surface area contributed by atoms with E-state index in [1.165, 1.54) is 48.2 Å². The molecule has 1 fully saturated rings. The summed E-state index contributed by atoms with van der Waals surface area (Å²) in [6, 6.07) is 11.7. The van der Waals surface area contributed by atoms with E-state index in [0.717, 1.165) is 17.2 Å². The number of amides is 1. The predicted molar refractivity (Wildman–Crippen MR) is 160 cm³/mol. The molecule has 12 heteroatoms. The van der Waals surface area contributed by atoms with Crippen LogP contribution in [0.4, 0.5) is 23.2 Å². The van der Waals surface area contributed by atoms with E-state index in [1.54, 1.807) is 6.20 Å². The van der Waals surface area contributed by atoms with Crippen LogP contribution >= 0.6 is 0 Å². The number of halogens is 4. The number of imidazole rings is 1. The van der Waals surface area contributed by atoms with Crippen molar-refractivity contribution in [2.45, 2.75) is 66.0 Å². The molecule has 4 aromatic rings. The van der Waals surface area contributed by atoms with Crippen molar-refractivity contribution in [3.63, 3.8) is 0 Å². The quantitative estimate of drug-likeness (QED) is 0.156. The van der Waals surface area contributed by atoms with Gasteiger partial charge in [-0.05, 0) is 55.0 Å². The highest BCUT2D eigenvalue weighted by molar-refractivity contribution is 5.74. The zero-order valence-corrected chi connectivity index (χ0v) is 25.3. The van der Waals surface area contributed by atoms with E-state index in [2.05, 4.69) is 40.2 Å². The fraction of sp³-hybridized carbons (Fsp3) is 0.387. The van der Waals surface area contributed by atoms with Gasteiger partial charge in [-0.2, -0.15) is 13.2 Å². The van der Waals surface area contributed by atoms with E-state index in [-0.39, 0.29) is 30.3 Å². The molecule has 0 spiro atoms. The first-order valence-corrected chi connectivity index (χ1v) is 14.1. The second-order valence-electron chi connectivity index (χ2n) is 8.95. The molecule has 43 heavy (non-hydrogen) atoms. The fourth-order valence-electron chi connectivity index (χ4n) is 4.18. The SMILES string of the molecule is CC.CC.COc1ccc(Oc2cc(NCCC(F)(F)F)c3ncc(-c4ccc(C5CC5)c(C)c4)n3n2)cc1F.NC=O. The molecule has 234 valence electrons. The minimum absolute atomic E-state index is 0.0576. The van der Waals surface area contributed by atoms with Crippen LogP contribution in [-0.4, -0.2) is 40.8 Å². The number of primary amides is 1. The molecule has 3 N–H and O–H groups in total. The maximum Gasteiger partial charge on any atom is 0.390 e. The molecule has 0 radical (unpaired) electrons. The summed E-state index contributed by atoms with van der Waals surface area (Å²) < 4.78 is 64.7. The standard InChI is InChI=1S/C26H24F4N4O2.2C2H6.CH3NO/c1-15-11-17(5-7-19(15)16-3-4-16)22-14-32-25-21(31-10-9-26(28,29)30)13-24(33-34(22)25)36-18-6-8-23(35-2)20(27)12-18;2*1-2;2-1-3/h5-8,11-14,16,31H,3-4,9-10H2,1-2H3;2*1-2H3;1H,(H2,2,3). The van der Waals surface area contributed by atoms with Gasteiger partial charge in [-0.25, -0.2) is 13.9 Å². The number of aromatic nitrogens is 3. The summed E-state index contributed by atoms with van der Waals surface area (Å²) >= 11 is 0. The Morgan fingerprint density at radius 1 is 1.09 bits per heavy atom. The van der Waals surface area contributed by atoms with Crippen LogP contribution in [-0.2, 0) is 4.79 Å². The minimum atomic E-state index is -4.31. The number of nitrogens with zero attached hydrogens (tertiary/aromatic N) is 3. The van der Waals surface area contributed by atoms with Gasteiger partial charge in [-0.1, -0.05) is 39.8 Å². The summed E-state index contributed by atoms with van der Waals surface area (Å²) in [6.45, 7) is 9.71. The first kappa shape index (κ1) is 34.8. The first-order valence-electron chi connectivity index (χ1n) is 14.1. The number of nitrogens with one attached hydrogen (secondary N) is 1. The number of anilines is 1. The van der Waals surface area contributed by atoms with E-state index in [4.69, 9.17) is 14.3 Å². The Bertz CT molecular complexity index is 1470. The van der Waals surface area contributed by atoms with Crippen molar-refractivity contribution in [2.75, 3.05) is 19.0 Å². The third kappa shape index (κ3) is 9.59. The van der Waals surface area contributed by atoms with Crippen LogP contribution in [0, 0.1) is 12.7 Å². The predicted octanol–water partition coefficient (Wildman–Crippen LogP) is 8.04. The molecular formula is C31H39F4N5O3. The number of ether oxygens (including phenoxy) is 2. The molecule has 2 aromatic heterocycles. The van der Waals surface area contributed by atoms with Gasteiger partial charge >= 0.3 is 6.18 Å². The number of alkyl halides is 3. The molecule has 0 saturated heterocycles. The maximum atomic E-state index is 14.2. The number of carbonyl (C=O) groups is 1. The number of carbonyl (C=O) groups excluding carboxylic acids is 1. The maximum absolute atomic E-state index is 14.2. The average molecular weight is 606 g/mol. The van der Waals surface area contributed by atoms with Gasteiger partial charge in [0.15, 0.2) is 17.2 Å². The molecule has 1 saturated carbocycles. The second-order valence-corrected chi connectivity index (χ2v) is 8.95. The Hall–Kier alpha value is -4.35. The zero-order valence-electron chi connectivity index (χ0n) is 25.3. The lowest BCUT2D eigenvalue weighted by Gasteiger charge is -2.13. The van der Waals surface area contributed by atoms with Crippen LogP contribution < -0.4 is 20.5 Å². The molecule has 0 unspecified atom stereocenters. The summed E-state index contributed by atoms with van der Waals surface area (Å²) in [4.78, 5) is 13.0. The molecule has 1 amide bonds.